The smallest absolute Gasteiger partial charge is 0.170 e. The number of hydrogen-bond donors (Lipinski definition) is 2. The Hall–Kier alpha value is -3.16. The first kappa shape index (κ1) is 20.7. The zero-order valence-electron chi connectivity index (χ0n) is 17.4. The fourth-order valence-electron chi connectivity index (χ4n) is 3.67. The van der Waals surface area contributed by atoms with Crippen molar-refractivity contribution in [3.05, 3.63) is 77.4 Å². The van der Waals surface area contributed by atoms with Crippen LogP contribution in [0.2, 0.25) is 5.02 Å². The van der Waals surface area contributed by atoms with Gasteiger partial charge in [-0.15, -0.1) is 0 Å². The molecule has 8 heteroatoms. The monoisotopic (exact) mass is 463 g/mol. The van der Waals surface area contributed by atoms with Gasteiger partial charge in [-0.2, -0.15) is 5.10 Å². The van der Waals surface area contributed by atoms with Gasteiger partial charge in [0.1, 0.15) is 5.69 Å². The molecule has 4 aromatic rings. The minimum atomic E-state index is 0.0895. The summed E-state index contributed by atoms with van der Waals surface area (Å²) in [5, 5.41) is 18.7. The van der Waals surface area contributed by atoms with Crippen molar-refractivity contribution in [1.82, 2.24) is 14.3 Å². The third-order valence-electron chi connectivity index (χ3n) is 5.60. The summed E-state index contributed by atoms with van der Waals surface area (Å²) in [6, 6.07) is 20.3. The van der Waals surface area contributed by atoms with Crippen LogP contribution >= 0.6 is 23.4 Å². The van der Waals surface area contributed by atoms with Gasteiger partial charge >= 0.3 is 0 Å². The Morgan fingerprint density at radius 2 is 1.84 bits per heavy atom. The minimum Gasteiger partial charge on any atom is -0.409 e. The van der Waals surface area contributed by atoms with E-state index in [1.807, 2.05) is 48.5 Å². The van der Waals surface area contributed by atoms with Gasteiger partial charge in [-0.1, -0.05) is 52.8 Å². The number of nitrogens with zero attached hydrogens (tertiary/aromatic N) is 4. The maximum Gasteiger partial charge on any atom is 0.170 e. The van der Waals surface area contributed by atoms with Gasteiger partial charge in [0, 0.05) is 34.3 Å². The molecule has 162 valence electrons. The molecule has 5 rings (SSSR count). The molecule has 0 bridgehead atoms. The second-order valence-electron chi connectivity index (χ2n) is 7.84. The molecule has 0 aliphatic heterocycles. The Balaban J connectivity index is 1.58. The zero-order chi connectivity index (χ0) is 22.2. The fraction of sp³-hybridized carbons (Fsp3) is 0.167. The maximum atomic E-state index is 8.95. The molecule has 2 aromatic carbocycles. The summed E-state index contributed by atoms with van der Waals surface area (Å²) in [4.78, 5) is 1.10. The number of rotatable bonds is 6. The SMILES string of the molecule is Cn1c(-c2ccn(C3CC3)n2)cc(-c2ccc(/C(N)=N\O)cc2)c1Sc1ccc(Cl)cc1. The quantitative estimate of drug-likeness (QED) is 0.164. The lowest BCUT2D eigenvalue weighted by atomic mass is 10.1. The van der Waals surface area contributed by atoms with Crippen molar-refractivity contribution in [2.75, 3.05) is 0 Å². The Morgan fingerprint density at radius 3 is 2.50 bits per heavy atom. The number of aromatic nitrogens is 3. The van der Waals surface area contributed by atoms with Gasteiger partial charge in [0.2, 0.25) is 0 Å². The summed E-state index contributed by atoms with van der Waals surface area (Å²) in [5.41, 5.74) is 10.5. The van der Waals surface area contributed by atoms with E-state index >= 15 is 0 Å². The highest BCUT2D eigenvalue weighted by Crippen LogP contribution is 2.41. The number of halogens is 1. The van der Waals surface area contributed by atoms with Crippen LogP contribution in [0.1, 0.15) is 24.4 Å². The highest BCUT2D eigenvalue weighted by Gasteiger charge is 2.25. The molecule has 0 saturated heterocycles. The van der Waals surface area contributed by atoms with Crippen LogP contribution in [0.3, 0.4) is 0 Å². The topological polar surface area (TPSA) is 81.4 Å². The Kier molecular flexibility index (Phi) is 5.45. The van der Waals surface area contributed by atoms with Crippen LogP contribution in [-0.4, -0.2) is 25.4 Å². The molecule has 1 aliphatic carbocycles. The third kappa shape index (κ3) is 4.01. The van der Waals surface area contributed by atoms with Crippen LogP contribution in [0, 0.1) is 0 Å². The maximum absolute atomic E-state index is 8.95. The zero-order valence-corrected chi connectivity index (χ0v) is 19.0. The number of oxime groups is 1. The predicted molar refractivity (Wildman–Crippen MR) is 128 cm³/mol. The fourth-order valence-corrected chi connectivity index (χ4v) is 4.81. The highest BCUT2D eigenvalue weighted by molar-refractivity contribution is 7.99. The van der Waals surface area contributed by atoms with E-state index in [0.29, 0.717) is 16.6 Å². The molecule has 0 amide bonds. The van der Waals surface area contributed by atoms with E-state index in [1.165, 1.54) is 12.8 Å². The van der Waals surface area contributed by atoms with Crippen LogP contribution in [0.4, 0.5) is 0 Å². The molecule has 2 heterocycles. The molecule has 0 atom stereocenters. The molecule has 0 spiro atoms. The second-order valence-corrected chi connectivity index (χ2v) is 9.34. The number of nitrogens with two attached hydrogens (primary N) is 1. The molecule has 1 saturated carbocycles. The average molecular weight is 464 g/mol. The number of hydrogen-bond acceptors (Lipinski definition) is 4. The van der Waals surface area contributed by atoms with Crippen LogP contribution in [0.15, 0.2) is 81.9 Å². The van der Waals surface area contributed by atoms with Gasteiger partial charge in [-0.25, -0.2) is 0 Å². The van der Waals surface area contributed by atoms with Gasteiger partial charge < -0.3 is 15.5 Å². The van der Waals surface area contributed by atoms with E-state index in [9.17, 15) is 0 Å². The van der Waals surface area contributed by atoms with E-state index in [4.69, 9.17) is 27.6 Å². The van der Waals surface area contributed by atoms with E-state index in [-0.39, 0.29) is 5.84 Å². The van der Waals surface area contributed by atoms with Crippen molar-refractivity contribution in [2.24, 2.45) is 17.9 Å². The Bertz CT molecular complexity index is 1290. The van der Waals surface area contributed by atoms with E-state index in [1.54, 1.807) is 11.8 Å². The standard InChI is InChI=1S/C24H22ClN5OS/c1-29-22(21-12-13-30(27-21)18-8-9-18)14-20(15-2-4-16(5-3-15)23(26)28-31)24(29)32-19-10-6-17(25)7-11-19/h2-7,10-14,18,31H,8-9H2,1H3,(H2,26,28). The number of benzene rings is 2. The van der Waals surface area contributed by atoms with Gasteiger partial charge in [-0.05, 0) is 54.8 Å². The summed E-state index contributed by atoms with van der Waals surface area (Å²) < 4.78 is 4.26. The average Bonchev–Trinajstić information content (AvgIpc) is 3.47. The van der Waals surface area contributed by atoms with Gasteiger partial charge in [0.15, 0.2) is 5.84 Å². The Labute approximate surface area is 195 Å². The molecule has 1 aliphatic rings. The van der Waals surface area contributed by atoms with Crippen LogP contribution in [0.5, 0.6) is 0 Å². The first-order valence-electron chi connectivity index (χ1n) is 10.3. The van der Waals surface area contributed by atoms with Crippen molar-refractivity contribution in [3.8, 4) is 22.5 Å². The lowest BCUT2D eigenvalue weighted by molar-refractivity contribution is 0.318. The predicted octanol–water partition coefficient (Wildman–Crippen LogP) is 5.79. The van der Waals surface area contributed by atoms with Gasteiger partial charge in [0.05, 0.1) is 16.8 Å². The summed E-state index contributed by atoms with van der Waals surface area (Å²) in [6.07, 6.45) is 4.46. The van der Waals surface area contributed by atoms with Crippen molar-refractivity contribution < 1.29 is 5.21 Å². The normalized spacial score (nSPS) is 14.1. The third-order valence-corrected chi connectivity index (χ3v) is 7.04. The molecular formula is C24H22ClN5OS. The largest absolute Gasteiger partial charge is 0.409 e. The summed E-state index contributed by atoms with van der Waals surface area (Å²) >= 11 is 7.76. The molecule has 0 unspecified atom stereocenters. The van der Waals surface area contributed by atoms with Crippen LogP contribution in [0.25, 0.3) is 22.5 Å². The Morgan fingerprint density at radius 1 is 1.12 bits per heavy atom. The summed E-state index contributed by atoms with van der Waals surface area (Å²) in [5.74, 6) is 0.0895. The van der Waals surface area contributed by atoms with Crippen LogP contribution in [-0.2, 0) is 7.05 Å². The molecular weight excluding hydrogens is 442 g/mol. The van der Waals surface area contributed by atoms with Crippen LogP contribution < -0.4 is 5.73 Å². The first-order chi connectivity index (χ1) is 15.5. The van der Waals surface area contributed by atoms with E-state index < -0.39 is 0 Å². The van der Waals surface area contributed by atoms with E-state index in [0.717, 1.165) is 32.4 Å². The molecule has 2 aromatic heterocycles. The van der Waals surface area contributed by atoms with Crippen molar-refractivity contribution in [3.63, 3.8) is 0 Å². The van der Waals surface area contributed by atoms with Gasteiger partial charge in [-0.3, -0.25) is 4.68 Å². The van der Waals surface area contributed by atoms with Crippen molar-refractivity contribution in [1.29, 1.82) is 0 Å². The lowest BCUT2D eigenvalue weighted by Crippen LogP contribution is -2.12. The molecule has 0 radical (unpaired) electrons. The minimum absolute atomic E-state index is 0.0895. The first-order valence-corrected chi connectivity index (χ1v) is 11.5. The molecule has 1 fully saturated rings. The molecule has 6 nitrogen and oxygen atoms in total. The highest BCUT2D eigenvalue weighted by atomic mass is 35.5. The summed E-state index contributed by atoms with van der Waals surface area (Å²) in [6.45, 7) is 0. The van der Waals surface area contributed by atoms with E-state index in [2.05, 4.69) is 39.8 Å². The van der Waals surface area contributed by atoms with Gasteiger partial charge in [0.25, 0.3) is 0 Å². The van der Waals surface area contributed by atoms with Crippen molar-refractivity contribution >= 4 is 29.2 Å². The lowest BCUT2D eigenvalue weighted by Gasteiger charge is -2.09. The number of amidine groups is 1. The molecule has 3 N–H and O–H groups in total. The van der Waals surface area contributed by atoms with Crippen molar-refractivity contribution in [2.45, 2.75) is 28.8 Å². The summed E-state index contributed by atoms with van der Waals surface area (Å²) in [7, 11) is 2.07. The molecule has 32 heavy (non-hydrogen) atoms. The second kappa shape index (κ2) is 8.41.